The predicted molar refractivity (Wildman–Crippen MR) is 111 cm³/mol. The molecule has 28 heavy (non-hydrogen) atoms. The average molecular weight is 394 g/mol. The van der Waals surface area contributed by atoms with Crippen molar-refractivity contribution in [2.45, 2.75) is 17.1 Å². The second kappa shape index (κ2) is 9.19. The van der Waals surface area contributed by atoms with Crippen molar-refractivity contribution in [1.29, 1.82) is 0 Å². The van der Waals surface area contributed by atoms with Gasteiger partial charge in [-0.3, -0.25) is 9.59 Å². The molecule has 2 amide bonds. The number of anilines is 2. The molecule has 0 bridgehead atoms. The number of para-hydroxylation sites is 1. The predicted octanol–water partition coefficient (Wildman–Crippen LogP) is 5.20. The van der Waals surface area contributed by atoms with Crippen molar-refractivity contribution < 1.29 is 14.0 Å². The fourth-order valence-electron chi connectivity index (χ4n) is 2.44. The van der Waals surface area contributed by atoms with Gasteiger partial charge in [0.2, 0.25) is 5.91 Å². The largest absolute Gasteiger partial charge is 0.325 e. The van der Waals surface area contributed by atoms with E-state index in [9.17, 15) is 14.0 Å². The van der Waals surface area contributed by atoms with E-state index in [0.717, 1.165) is 10.6 Å². The standard InChI is InChI=1S/C22H19FN2O2S/c1-15(21(26)24-18-5-3-2-4-6-18)28-20-13-11-19(12-14-20)25-22(27)16-7-9-17(23)10-8-16/h2-15H,1H3,(H,24,26)(H,25,27). The molecule has 1 atom stereocenters. The molecule has 0 saturated carbocycles. The summed E-state index contributed by atoms with van der Waals surface area (Å²) in [6.45, 7) is 1.84. The van der Waals surface area contributed by atoms with Crippen LogP contribution in [0, 0.1) is 5.82 Å². The first kappa shape index (κ1) is 19.6. The van der Waals surface area contributed by atoms with E-state index in [1.54, 1.807) is 12.1 Å². The molecule has 2 N–H and O–H groups in total. The third-order valence-electron chi connectivity index (χ3n) is 3.94. The van der Waals surface area contributed by atoms with Gasteiger partial charge >= 0.3 is 0 Å². The van der Waals surface area contributed by atoms with Crippen LogP contribution >= 0.6 is 11.8 Å². The number of carbonyl (C=O) groups excluding carboxylic acids is 2. The van der Waals surface area contributed by atoms with Gasteiger partial charge in [-0.05, 0) is 67.6 Å². The van der Waals surface area contributed by atoms with E-state index in [0.29, 0.717) is 11.3 Å². The molecule has 0 spiro atoms. The molecule has 0 saturated heterocycles. The summed E-state index contributed by atoms with van der Waals surface area (Å²) in [6, 6.07) is 21.9. The fraction of sp³-hybridized carbons (Fsp3) is 0.0909. The van der Waals surface area contributed by atoms with Gasteiger partial charge < -0.3 is 10.6 Å². The zero-order valence-electron chi connectivity index (χ0n) is 15.2. The normalized spacial score (nSPS) is 11.5. The maximum absolute atomic E-state index is 12.9. The van der Waals surface area contributed by atoms with E-state index in [2.05, 4.69) is 10.6 Å². The number of carbonyl (C=O) groups is 2. The number of benzene rings is 3. The second-order valence-electron chi connectivity index (χ2n) is 6.10. The summed E-state index contributed by atoms with van der Waals surface area (Å²) in [5.74, 6) is -0.774. The molecule has 0 radical (unpaired) electrons. The van der Waals surface area contributed by atoms with Crippen LogP contribution in [0.1, 0.15) is 17.3 Å². The van der Waals surface area contributed by atoms with Gasteiger partial charge in [0, 0.05) is 21.8 Å². The van der Waals surface area contributed by atoms with Crippen molar-refractivity contribution in [3.8, 4) is 0 Å². The Labute approximate surface area is 167 Å². The van der Waals surface area contributed by atoms with Crippen LogP contribution in [-0.2, 0) is 4.79 Å². The third kappa shape index (κ3) is 5.44. The highest BCUT2D eigenvalue weighted by molar-refractivity contribution is 8.00. The van der Waals surface area contributed by atoms with Crippen molar-refractivity contribution >= 4 is 35.0 Å². The number of rotatable bonds is 6. The van der Waals surface area contributed by atoms with Crippen molar-refractivity contribution in [2.75, 3.05) is 10.6 Å². The first-order valence-corrected chi connectivity index (χ1v) is 9.59. The lowest BCUT2D eigenvalue weighted by atomic mass is 10.2. The molecule has 3 aromatic carbocycles. The lowest BCUT2D eigenvalue weighted by Gasteiger charge is -2.12. The SMILES string of the molecule is CC(Sc1ccc(NC(=O)c2ccc(F)cc2)cc1)C(=O)Nc1ccccc1. The van der Waals surface area contributed by atoms with Gasteiger partial charge in [0.05, 0.1) is 5.25 Å². The number of hydrogen-bond acceptors (Lipinski definition) is 3. The van der Waals surface area contributed by atoms with E-state index in [-0.39, 0.29) is 22.9 Å². The first-order chi connectivity index (χ1) is 13.5. The Morgan fingerprint density at radius 2 is 1.43 bits per heavy atom. The van der Waals surface area contributed by atoms with Gasteiger partial charge in [0.15, 0.2) is 0 Å². The summed E-state index contributed by atoms with van der Waals surface area (Å²) >= 11 is 1.43. The minimum absolute atomic E-state index is 0.0788. The Kier molecular flexibility index (Phi) is 6.45. The van der Waals surface area contributed by atoms with Crippen molar-refractivity contribution in [2.24, 2.45) is 0 Å². The summed E-state index contributed by atoms with van der Waals surface area (Å²) in [5, 5.41) is 5.36. The molecule has 0 aromatic heterocycles. The fourth-order valence-corrected chi connectivity index (χ4v) is 3.31. The minimum Gasteiger partial charge on any atom is -0.325 e. The molecule has 0 aliphatic rings. The van der Waals surface area contributed by atoms with Gasteiger partial charge in [-0.1, -0.05) is 18.2 Å². The lowest BCUT2D eigenvalue weighted by Crippen LogP contribution is -2.22. The maximum atomic E-state index is 12.9. The molecule has 4 nitrogen and oxygen atoms in total. The van der Waals surface area contributed by atoms with E-state index in [1.807, 2.05) is 49.4 Å². The van der Waals surface area contributed by atoms with Gasteiger partial charge in [-0.2, -0.15) is 0 Å². The lowest BCUT2D eigenvalue weighted by molar-refractivity contribution is -0.115. The van der Waals surface area contributed by atoms with E-state index in [4.69, 9.17) is 0 Å². The summed E-state index contributed by atoms with van der Waals surface area (Å²) in [6.07, 6.45) is 0. The van der Waals surface area contributed by atoms with Gasteiger partial charge in [0.25, 0.3) is 5.91 Å². The maximum Gasteiger partial charge on any atom is 0.255 e. The monoisotopic (exact) mass is 394 g/mol. The van der Waals surface area contributed by atoms with Crippen molar-refractivity contribution in [3.05, 3.63) is 90.2 Å². The Hall–Kier alpha value is -3.12. The van der Waals surface area contributed by atoms with Gasteiger partial charge in [0.1, 0.15) is 5.82 Å². The van der Waals surface area contributed by atoms with Crippen LogP contribution in [0.4, 0.5) is 15.8 Å². The minimum atomic E-state index is -0.386. The molecular weight excluding hydrogens is 375 g/mol. The second-order valence-corrected chi connectivity index (χ2v) is 7.51. The van der Waals surface area contributed by atoms with Crippen LogP contribution in [0.15, 0.2) is 83.8 Å². The topological polar surface area (TPSA) is 58.2 Å². The molecular formula is C22H19FN2O2S. The number of hydrogen-bond donors (Lipinski definition) is 2. The summed E-state index contributed by atoms with van der Waals surface area (Å²) < 4.78 is 12.9. The average Bonchev–Trinajstić information content (AvgIpc) is 2.70. The molecule has 1 unspecified atom stereocenters. The Morgan fingerprint density at radius 3 is 2.07 bits per heavy atom. The zero-order valence-corrected chi connectivity index (χ0v) is 16.0. The smallest absolute Gasteiger partial charge is 0.255 e. The number of nitrogens with one attached hydrogen (secondary N) is 2. The zero-order chi connectivity index (χ0) is 19.9. The number of halogens is 1. The number of amides is 2. The summed E-state index contributed by atoms with van der Waals surface area (Å²) in [7, 11) is 0. The molecule has 0 aliphatic heterocycles. The Morgan fingerprint density at radius 1 is 0.821 bits per heavy atom. The highest BCUT2D eigenvalue weighted by atomic mass is 32.2. The van der Waals surface area contributed by atoms with Crippen LogP contribution in [0.2, 0.25) is 0 Å². The van der Waals surface area contributed by atoms with E-state index < -0.39 is 0 Å². The van der Waals surface area contributed by atoms with Crippen LogP contribution in [-0.4, -0.2) is 17.1 Å². The van der Waals surface area contributed by atoms with Gasteiger partial charge in [-0.15, -0.1) is 11.8 Å². The highest BCUT2D eigenvalue weighted by Crippen LogP contribution is 2.26. The Balaban J connectivity index is 1.55. The number of thioether (sulfide) groups is 1. The summed E-state index contributed by atoms with van der Waals surface area (Å²) in [4.78, 5) is 25.4. The third-order valence-corrected chi connectivity index (χ3v) is 5.05. The van der Waals surface area contributed by atoms with Gasteiger partial charge in [-0.25, -0.2) is 4.39 Å². The van der Waals surface area contributed by atoms with Crippen molar-refractivity contribution in [1.82, 2.24) is 0 Å². The first-order valence-electron chi connectivity index (χ1n) is 8.71. The molecule has 0 fully saturated rings. The molecule has 142 valence electrons. The van der Waals surface area contributed by atoms with E-state index >= 15 is 0 Å². The van der Waals surface area contributed by atoms with Crippen LogP contribution in [0.5, 0.6) is 0 Å². The van der Waals surface area contributed by atoms with Crippen LogP contribution < -0.4 is 10.6 Å². The summed E-state index contributed by atoms with van der Waals surface area (Å²) in [5.41, 5.74) is 1.77. The van der Waals surface area contributed by atoms with E-state index in [1.165, 1.54) is 36.0 Å². The quantitative estimate of drug-likeness (QED) is 0.565. The molecule has 0 aliphatic carbocycles. The van der Waals surface area contributed by atoms with Crippen LogP contribution in [0.3, 0.4) is 0 Å². The van der Waals surface area contributed by atoms with Crippen LogP contribution in [0.25, 0.3) is 0 Å². The molecule has 3 rings (SSSR count). The van der Waals surface area contributed by atoms with Crippen molar-refractivity contribution in [3.63, 3.8) is 0 Å². The Bertz CT molecular complexity index is 945. The molecule has 3 aromatic rings. The highest BCUT2D eigenvalue weighted by Gasteiger charge is 2.14. The molecule has 6 heteroatoms. The molecule has 0 heterocycles.